The number of anilines is 1. The third-order valence-corrected chi connectivity index (χ3v) is 5.52. The largest absolute Gasteiger partial charge is 0.368 e. The number of nitrogens with zero attached hydrogens (tertiary/aromatic N) is 3. The Hall–Kier alpha value is -2.86. The highest BCUT2D eigenvalue weighted by Gasteiger charge is 2.16. The Morgan fingerprint density at radius 1 is 1.14 bits per heavy atom. The molecule has 1 aliphatic heterocycles. The number of para-hydroxylation sites is 1. The minimum Gasteiger partial charge on any atom is -0.368 e. The molecule has 1 saturated heterocycles. The first-order chi connectivity index (χ1) is 13.7. The maximum atomic E-state index is 12.4. The number of amides is 1. The molecule has 4 rings (SSSR count). The van der Waals surface area contributed by atoms with Gasteiger partial charge in [0.05, 0.1) is 11.9 Å². The van der Waals surface area contributed by atoms with Gasteiger partial charge in [-0.25, -0.2) is 4.98 Å². The normalized spacial score (nSPS) is 15.1. The topological polar surface area (TPSA) is 64.3 Å². The lowest BCUT2D eigenvalue weighted by molar-refractivity contribution is 0.0949. The summed E-state index contributed by atoms with van der Waals surface area (Å²) < 4.78 is 0. The minimum atomic E-state index is -0.123. The van der Waals surface area contributed by atoms with Gasteiger partial charge in [0.1, 0.15) is 5.69 Å². The van der Waals surface area contributed by atoms with Gasteiger partial charge in [0, 0.05) is 49.8 Å². The molecule has 0 spiro atoms. The standard InChI is InChI=1S/C22H27N5O/c1-2-26-11-13-27(14-12-26)18-7-8-21(25-16-18)22(28)23-10-9-17-15-24-20-6-4-3-5-19(17)20/h3-8,15-16,24H,2,9-14H2,1H3,(H,23,28). The number of fused-ring (bicyclic) bond motifs is 1. The summed E-state index contributed by atoms with van der Waals surface area (Å²) in [5, 5.41) is 4.19. The zero-order valence-electron chi connectivity index (χ0n) is 16.3. The van der Waals surface area contributed by atoms with Crippen LogP contribution in [-0.2, 0) is 6.42 Å². The lowest BCUT2D eigenvalue weighted by atomic mass is 10.1. The van der Waals surface area contributed by atoms with Gasteiger partial charge in [-0.1, -0.05) is 25.1 Å². The molecule has 1 fully saturated rings. The number of benzene rings is 1. The van der Waals surface area contributed by atoms with E-state index in [2.05, 4.69) is 44.1 Å². The average molecular weight is 377 g/mol. The molecule has 1 aromatic carbocycles. The van der Waals surface area contributed by atoms with Crippen molar-refractivity contribution in [1.82, 2.24) is 20.2 Å². The summed E-state index contributed by atoms with van der Waals surface area (Å²) >= 11 is 0. The molecule has 0 bridgehead atoms. The monoisotopic (exact) mass is 377 g/mol. The van der Waals surface area contributed by atoms with Gasteiger partial charge in [-0.15, -0.1) is 0 Å². The molecule has 1 amide bonds. The molecule has 3 aromatic rings. The molecule has 0 aliphatic carbocycles. The van der Waals surface area contributed by atoms with Crippen LogP contribution in [0.5, 0.6) is 0 Å². The molecule has 2 aromatic heterocycles. The number of carbonyl (C=O) groups is 1. The number of aromatic nitrogens is 2. The molecule has 146 valence electrons. The molecular weight excluding hydrogens is 350 g/mol. The van der Waals surface area contributed by atoms with Crippen LogP contribution in [0.25, 0.3) is 10.9 Å². The van der Waals surface area contributed by atoms with Crippen molar-refractivity contribution in [1.29, 1.82) is 0 Å². The predicted octanol–water partition coefficient (Wildman–Crippen LogP) is 2.68. The summed E-state index contributed by atoms with van der Waals surface area (Å²) in [7, 11) is 0. The highest BCUT2D eigenvalue weighted by Crippen LogP contribution is 2.18. The Morgan fingerprint density at radius 2 is 1.96 bits per heavy atom. The Labute approximate surface area is 165 Å². The van der Waals surface area contributed by atoms with E-state index in [-0.39, 0.29) is 5.91 Å². The number of aromatic amines is 1. The number of piperazine rings is 1. The van der Waals surface area contributed by atoms with Crippen LogP contribution in [0.15, 0.2) is 48.8 Å². The molecule has 0 atom stereocenters. The van der Waals surface area contributed by atoms with Gasteiger partial charge in [-0.3, -0.25) is 4.79 Å². The third kappa shape index (κ3) is 4.02. The van der Waals surface area contributed by atoms with E-state index in [4.69, 9.17) is 0 Å². The molecule has 6 heteroatoms. The highest BCUT2D eigenvalue weighted by molar-refractivity contribution is 5.92. The molecule has 0 radical (unpaired) electrons. The second-order valence-electron chi connectivity index (χ2n) is 7.19. The highest BCUT2D eigenvalue weighted by atomic mass is 16.1. The smallest absolute Gasteiger partial charge is 0.269 e. The molecule has 3 heterocycles. The maximum Gasteiger partial charge on any atom is 0.269 e. The van der Waals surface area contributed by atoms with Crippen LogP contribution in [0.2, 0.25) is 0 Å². The number of carbonyl (C=O) groups excluding carboxylic acids is 1. The molecule has 1 aliphatic rings. The van der Waals surface area contributed by atoms with E-state index in [0.717, 1.165) is 50.3 Å². The van der Waals surface area contributed by atoms with Crippen LogP contribution in [0.4, 0.5) is 5.69 Å². The summed E-state index contributed by atoms with van der Waals surface area (Å²) in [6.07, 6.45) is 4.62. The summed E-state index contributed by atoms with van der Waals surface area (Å²) in [5.74, 6) is -0.123. The van der Waals surface area contributed by atoms with Crippen LogP contribution >= 0.6 is 0 Å². The van der Waals surface area contributed by atoms with Gasteiger partial charge in [-0.2, -0.15) is 0 Å². The Balaban J connectivity index is 1.30. The van der Waals surface area contributed by atoms with Crippen LogP contribution in [0.3, 0.4) is 0 Å². The summed E-state index contributed by atoms with van der Waals surface area (Å²) in [4.78, 5) is 24.8. The lowest BCUT2D eigenvalue weighted by Gasteiger charge is -2.35. The van der Waals surface area contributed by atoms with Crippen molar-refractivity contribution < 1.29 is 4.79 Å². The number of rotatable bonds is 6. The van der Waals surface area contributed by atoms with E-state index in [9.17, 15) is 4.79 Å². The Kier molecular flexibility index (Phi) is 5.58. The van der Waals surface area contributed by atoms with Crippen LogP contribution < -0.4 is 10.2 Å². The Bertz CT molecular complexity index is 926. The SMILES string of the molecule is CCN1CCN(c2ccc(C(=O)NCCc3c[nH]c4ccccc34)nc2)CC1. The molecule has 6 nitrogen and oxygen atoms in total. The minimum absolute atomic E-state index is 0.123. The van der Waals surface area contributed by atoms with Crippen molar-refractivity contribution >= 4 is 22.5 Å². The Morgan fingerprint density at radius 3 is 2.71 bits per heavy atom. The fraction of sp³-hybridized carbons (Fsp3) is 0.364. The third-order valence-electron chi connectivity index (χ3n) is 5.52. The zero-order chi connectivity index (χ0) is 19.3. The van der Waals surface area contributed by atoms with Crippen LogP contribution in [-0.4, -0.2) is 60.0 Å². The van der Waals surface area contributed by atoms with E-state index in [1.165, 1.54) is 10.9 Å². The first-order valence-corrected chi connectivity index (χ1v) is 10.0. The fourth-order valence-corrected chi connectivity index (χ4v) is 3.77. The number of hydrogen-bond acceptors (Lipinski definition) is 4. The summed E-state index contributed by atoms with van der Waals surface area (Å²) in [6, 6.07) is 12.0. The van der Waals surface area contributed by atoms with Crippen molar-refractivity contribution in [2.24, 2.45) is 0 Å². The first-order valence-electron chi connectivity index (χ1n) is 10.0. The second-order valence-corrected chi connectivity index (χ2v) is 7.19. The zero-order valence-corrected chi connectivity index (χ0v) is 16.3. The van der Waals surface area contributed by atoms with Gasteiger partial charge in [0.15, 0.2) is 0 Å². The van der Waals surface area contributed by atoms with E-state index in [0.29, 0.717) is 12.2 Å². The van der Waals surface area contributed by atoms with Gasteiger partial charge in [0.25, 0.3) is 5.91 Å². The molecular formula is C22H27N5O. The predicted molar refractivity (Wildman–Crippen MR) is 113 cm³/mol. The van der Waals surface area contributed by atoms with E-state index < -0.39 is 0 Å². The van der Waals surface area contributed by atoms with E-state index in [1.54, 1.807) is 0 Å². The summed E-state index contributed by atoms with van der Waals surface area (Å²) in [6.45, 7) is 8.05. The van der Waals surface area contributed by atoms with Crippen molar-refractivity contribution in [2.45, 2.75) is 13.3 Å². The van der Waals surface area contributed by atoms with Crippen molar-refractivity contribution in [2.75, 3.05) is 44.2 Å². The van der Waals surface area contributed by atoms with Gasteiger partial charge < -0.3 is 20.1 Å². The number of H-pyrrole nitrogens is 1. The second kappa shape index (κ2) is 8.44. The summed E-state index contributed by atoms with van der Waals surface area (Å²) in [5.41, 5.74) is 3.90. The quantitative estimate of drug-likeness (QED) is 0.693. The van der Waals surface area contributed by atoms with Crippen molar-refractivity contribution in [3.05, 3.63) is 60.0 Å². The number of hydrogen-bond donors (Lipinski definition) is 2. The van der Waals surface area contributed by atoms with Crippen molar-refractivity contribution in [3.63, 3.8) is 0 Å². The van der Waals surface area contributed by atoms with E-state index >= 15 is 0 Å². The van der Waals surface area contributed by atoms with Crippen molar-refractivity contribution in [3.8, 4) is 0 Å². The first kappa shape index (κ1) is 18.5. The van der Waals surface area contributed by atoms with Crippen LogP contribution in [0.1, 0.15) is 23.0 Å². The molecule has 0 unspecified atom stereocenters. The van der Waals surface area contributed by atoms with Gasteiger partial charge in [-0.05, 0) is 36.7 Å². The van der Waals surface area contributed by atoms with Gasteiger partial charge in [0.2, 0.25) is 0 Å². The average Bonchev–Trinajstić information content (AvgIpc) is 3.17. The molecule has 0 saturated carbocycles. The number of likely N-dealkylation sites (N-methyl/N-ethyl adjacent to an activating group) is 1. The molecule has 2 N–H and O–H groups in total. The fourth-order valence-electron chi connectivity index (χ4n) is 3.77. The number of pyridine rings is 1. The number of nitrogens with one attached hydrogen (secondary N) is 2. The maximum absolute atomic E-state index is 12.4. The van der Waals surface area contributed by atoms with E-state index in [1.807, 2.05) is 36.7 Å². The van der Waals surface area contributed by atoms with Crippen LogP contribution in [0, 0.1) is 0 Å². The lowest BCUT2D eigenvalue weighted by Crippen LogP contribution is -2.46. The van der Waals surface area contributed by atoms with Gasteiger partial charge >= 0.3 is 0 Å². The molecule has 28 heavy (non-hydrogen) atoms.